The summed E-state index contributed by atoms with van der Waals surface area (Å²) in [7, 11) is 1.21. The molecule has 0 aliphatic heterocycles. The first-order valence-corrected chi connectivity index (χ1v) is 9.32. The van der Waals surface area contributed by atoms with Gasteiger partial charge in [-0.3, -0.25) is 4.79 Å². The third-order valence-corrected chi connectivity index (χ3v) is 4.59. The summed E-state index contributed by atoms with van der Waals surface area (Å²) in [4.78, 5) is 24.6. The Hall–Kier alpha value is -3.88. The predicted octanol–water partition coefficient (Wildman–Crippen LogP) is 5.94. The van der Waals surface area contributed by atoms with Gasteiger partial charge in [-0.05, 0) is 67.1 Å². The molecule has 0 saturated carbocycles. The number of carbonyl (C=O) groups excluding carboxylic acids is 2. The Morgan fingerprint density at radius 1 is 0.938 bits per heavy atom. The van der Waals surface area contributed by atoms with E-state index >= 15 is 0 Å². The van der Waals surface area contributed by atoms with Crippen LogP contribution in [0.5, 0.6) is 0 Å². The summed E-state index contributed by atoms with van der Waals surface area (Å²) in [6.07, 6.45) is -4.63. The van der Waals surface area contributed by atoms with Crippen LogP contribution >= 0.6 is 0 Å². The van der Waals surface area contributed by atoms with Crippen molar-refractivity contribution in [2.45, 2.75) is 13.1 Å². The zero-order valence-electron chi connectivity index (χ0n) is 17.0. The van der Waals surface area contributed by atoms with E-state index in [0.717, 1.165) is 24.3 Å². The standard InChI is InChI=1S/C23H18F4N2O3/c1-13-10-16(24)7-9-19(13)29-20-12-15(23(25,26)27)6-8-18(20)21(30)28-17-5-3-4-14(11-17)22(31)32-2/h3-12,29H,1-2H3,(H,28,30). The second-order valence-electron chi connectivity index (χ2n) is 6.87. The molecule has 3 rings (SSSR count). The summed E-state index contributed by atoms with van der Waals surface area (Å²) >= 11 is 0. The van der Waals surface area contributed by atoms with Crippen molar-refractivity contribution in [3.63, 3.8) is 0 Å². The van der Waals surface area contributed by atoms with Crippen LogP contribution in [0.4, 0.5) is 34.6 Å². The highest BCUT2D eigenvalue weighted by Crippen LogP contribution is 2.34. The maximum absolute atomic E-state index is 13.4. The highest BCUT2D eigenvalue weighted by Gasteiger charge is 2.31. The first-order chi connectivity index (χ1) is 15.1. The number of hydrogen-bond donors (Lipinski definition) is 2. The van der Waals surface area contributed by atoms with Gasteiger partial charge in [0.15, 0.2) is 0 Å². The zero-order chi connectivity index (χ0) is 23.5. The summed E-state index contributed by atoms with van der Waals surface area (Å²) in [5.41, 5.74) is 0.0806. The highest BCUT2D eigenvalue weighted by atomic mass is 19.4. The molecule has 0 radical (unpaired) electrons. The van der Waals surface area contributed by atoms with Gasteiger partial charge in [0, 0.05) is 11.4 Å². The molecule has 0 aromatic heterocycles. The number of esters is 1. The van der Waals surface area contributed by atoms with Gasteiger partial charge in [0.2, 0.25) is 0 Å². The van der Waals surface area contributed by atoms with Gasteiger partial charge in [-0.25, -0.2) is 9.18 Å². The van der Waals surface area contributed by atoms with Crippen LogP contribution in [0.25, 0.3) is 0 Å². The lowest BCUT2D eigenvalue weighted by Gasteiger charge is -2.17. The van der Waals surface area contributed by atoms with Gasteiger partial charge < -0.3 is 15.4 Å². The topological polar surface area (TPSA) is 67.4 Å². The fourth-order valence-corrected chi connectivity index (χ4v) is 2.97. The molecule has 3 aromatic carbocycles. The SMILES string of the molecule is COC(=O)c1cccc(NC(=O)c2ccc(C(F)(F)F)cc2Nc2ccc(F)cc2C)c1. The molecule has 3 aromatic rings. The highest BCUT2D eigenvalue weighted by molar-refractivity contribution is 6.09. The minimum atomic E-state index is -4.63. The zero-order valence-corrected chi connectivity index (χ0v) is 17.0. The van der Waals surface area contributed by atoms with Gasteiger partial charge in [-0.15, -0.1) is 0 Å². The molecule has 32 heavy (non-hydrogen) atoms. The number of alkyl halides is 3. The van der Waals surface area contributed by atoms with Gasteiger partial charge >= 0.3 is 12.1 Å². The fraction of sp³-hybridized carbons (Fsp3) is 0.130. The van der Waals surface area contributed by atoms with Crippen molar-refractivity contribution in [2.75, 3.05) is 17.7 Å². The lowest BCUT2D eigenvalue weighted by molar-refractivity contribution is -0.137. The molecule has 0 aliphatic carbocycles. The molecular formula is C23H18F4N2O3. The van der Waals surface area contributed by atoms with E-state index in [0.29, 0.717) is 11.3 Å². The van der Waals surface area contributed by atoms with E-state index in [1.165, 1.54) is 43.5 Å². The van der Waals surface area contributed by atoms with Crippen molar-refractivity contribution < 1.29 is 31.9 Å². The Balaban J connectivity index is 1.97. The molecule has 9 heteroatoms. The average molecular weight is 446 g/mol. The number of hydrogen-bond acceptors (Lipinski definition) is 4. The van der Waals surface area contributed by atoms with Crippen molar-refractivity contribution in [3.8, 4) is 0 Å². The Morgan fingerprint density at radius 2 is 1.69 bits per heavy atom. The van der Waals surface area contributed by atoms with E-state index in [4.69, 9.17) is 0 Å². The normalized spacial score (nSPS) is 11.1. The van der Waals surface area contributed by atoms with Crippen LogP contribution in [-0.2, 0) is 10.9 Å². The first kappa shape index (κ1) is 22.8. The summed E-state index contributed by atoms with van der Waals surface area (Å²) in [5.74, 6) is -1.81. The van der Waals surface area contributed by atoms with E-state index in [-0.39, 0.29) is 22.5 Å². The van der Waals surface area contributed by atoms with Gasteiger partial charge in [0.05, 0.1) is 29.5 Å². The van der Waals surface area contributed by atoms with E-state index in [1.807, 2.05) is 0 Å². The minimum Gasteiger partial charge on any atom is -0.465 e. The molecule has 0 aliphatic rings. The summed E-state index contributed by atoms with van der Waals surface area (Å²) in [5, 5.41) is 5.34. The lowest BCUT2D eigenvalue weighted by atomic mass is 10.1. The number of amides is 1. The summed E-state index contributed by atoms with van der Waals surface area (Å²) in [6, 6.07) is 12.3. The van der Waals surface area contributed by atoms with E-state index in [2.05, 4.69) is 15.4 Å². The molecule has 0 heterocycles. The largest absolute Gasteiger partial charge is 0.465 e. The number of methoxy groups -OCH3 is 1. The third-order valence-electron chi connectivity index (χ3n) is 4.59. The van der Waals surface area contributed by atoms with Crippen LogP contribution < -0.4 is 10.6 Å². The molecule has 0 spiro atoms. The van der Waals surface area contributed by atoms with E-state index in [1.54, 1.807) is 6.92 Å². The second kappa shape index (κ2) is 9.09. The number of nitrogens with one attached hydrogen (secondary N) is 2. The maximum Gasteiger partial charge on any atom is 0.416 e. The third kappa shape index (κ3) is 5.23. The van der Waals surface area contributed by atoms with Crippen LogP contribution in [0.15, 0.2) is 60.7 Å². The monoisotopic (exact) mass is 446 g/mol. The molecule has 0 unspecified atom stereocenters. The number of carbonyl (C=O) groups is 2. The number of halogens is 4. The molecule has 2 N–H and O–H groups in total. The maximum atomic E-state index is 13.4. The van der Waals surface area contributed by atoms with Gasteiger partial charge in [0.1, 0.15) is 5.82 Å². The van der Waals surface area contributed by atoms with Crippen LogP contribution in [0, 0.1) is 12.7 Å². The molecule has 166 valence electrons. The van der Waals surface area contributed by atoms with Crippen LogP contribution in [-0.4, -0.2) is 19.0 Å². The van der Waals surface area contributed by atoms with Crippen LogP contribution in [0.1, 0.15) is 31.8 Å². The number of anilines is 3. The van der Waals surface area contributed by atoms with Crippen molar-refractivity contribution in [1.29, 1.82) is 0 Å². The molecule has 0 bridgehead atoms. The number of rotatable bonds is 5. The predicted molar refractivity (Wildman–Crippen MR) is 112 cm³/mol. The van der Waals surface area contributed by atoms with Crippen molar-refractivity contribution in [3.05, 3.63) is 88.7 Å². The van der Waals surface area contributed by atoms with Crippen molar-refractivity contribution in [2.24, 2.45) is 0 Å². The Bertz CT molecular complexity index is 1180. The van der Waals surface area contributed by atoms with Gasteiger partial charge in [-0.2, -0.15) is 13.2 Å². The van der Waals surface area contributed by atoms with Crippen molar-refractivity contribution >= 4 is 28.9 Å². The lowest BCUT2D eigenvalue weighted by Crippen LogP contribution is -2.16. The minimum absolute atomic E-state index is 0.0785. The Kier molecular flexibility index (Phi) is 6.47. The summed E-state index contributed by atoms with van der Waals surface area (Å²) in [6.45, 7) is 1.58. The van der Waals surface area contributed by atoms with Crippen molar-refractivity contribution in [1.82, 2.24) is 0 Å². The second-order valence-corrected chi connectivity index (χ2v) is 6.87. The molecule has 5 nitrogen and oxygen atoms in total. The van der Waals surface area contributed by atoms with Crippen LogP contribution in [0.2, 0.25) is 0 Å². The molecule has 1 amide bonds. The molecule has 0 saturated heterocycles. The van der Waals surface area contributed by atoms with E-state index in [9.17, 15) is 27.2 Å². The molecule has 0 fully saturated rings. The average Bonchev–Trinajstić information content (AvgIpc) is 2.74. The molecule has 0 atom stereocenters. The van der Waals surface area contributed by atoms with Crippen LogP contribution in [0.3, 0.4) is 0 Å². The van der Waals surface area contributed by atoms with E-state index < -0.39 is 29.4 Å². The number of aryl methyl sites for hydroxylation is 1. The quantitative estimate of drug-likeness (QED) is 0.376. The molecular weight excluding hydrogens is 428 g/mol. The number of benzene rings is 3. The number of ether oxygens (including phenoxy) is 1. The Labute approximate surface area is 181 Å². The van der Waals surface area contributed by atoms with Gasteiger partial charge in [0.25, 0.3) is 5.91 Å². The fourth-order valence-electron chi connectivity index (χ4n) is 2.97. The van der Waals surface area contributed by atoms with Gasteiger partial charge in [-0.1, -0.05) is 6.07 Å². The Morgan fingerprint density at radius 3 is 2.34 bits per heavy atom. The summed E-state index contributed by atoms with van der Waals surface area (Å²) < 4.78 is 57.8. The first-order valence-electron chi connectivity index (χ1n) is 9.32. The smallest absolute Gasteiger partial charge is 0.416 e.